The van der Waals surface area contributed by atoms with Crippen molar-refractivity contribution in [1.82, 2.24) is 19.9 Å². The van der Waals surface area contributed by atoms with E-state index >= 15 is 13.2 Å². The number of carbonyl (C=O) groups is 1. The van der Waals surface area contributed by atoms with Crippen molar-refractivity contribution in [3.63, 3.8) is 0 Å². The van der Waals surface area contributed by atoms with Crippen LogP contribution in [0, 0.1) is 17.5 Å². The number of hydrogen-bond acceptors (Lipinski definition) is 7. The van der Waals surface area contributed by atoms with E-state index in [0.717, 1.165) is 22.8 Å². The summed E-state index contributed by atoms with van der Waals surface area (Å²) in [4.78, 5) is 40.3. The molecule has 12 heteroatoms. The van der Waals surface area contributed by atoms with E-state index in [1.165, 1.54) is 24.3 Å². The van der Waals surface area contributed by atoms with E-state index in [4.69, 9.17) is 0 Å². The first-order valence-corrected chi connectivity index (χ1v) is 14.6. The van der Waals surface area contributed by atoms with Crippen LogP contribution in [-0.2, 0) is 4.79 Å². The van der Waals surface area contributed by atoms with Gasteiger partial charge in [0.1, 0.15) is 35.4 Å². The van der Waals surface area contributed by atoms with Crippen LogP contribution in [0.1, 0.15) is 57.8 Å². The number of anilines is 2. The zero-order valence-electron chi connectivity index (χ0n) is 25.2. The molecule has 0 radical (unpaired) electrons. The van der Waals surface area contributed by atoms with Crippen molar-refractivity contribution in [2.75, 3.05) is 29.9 Å². The van der Waals surface area contributed by atoms with Crippen molar-refractivity contribution in [2.24, 2.45) is 0 Å². The van der Waals surface area contributed by atoms with Crippen LogP contribution in [0.15, 0.2) is 35.4 Å². The maximum Gasteiger partial charge on any atom is 0.281 e. The predicted molar refractivity (Wildman–Crippen MR) is 162 cm³/mol. The number of piperazine rings is 1. The van der Waals surface area contributed by atoms with Gasteiger partial charge in [-0.25, -0.2) is 23.1 Å². The molecule has 4 aromatic rings. The van der Waals surface area contributed by atoms with Crippen LogP contribution in [0.4, 0.5) is 24.5 Å². The average Bonchev–Trinajstić information content (AvgIpc) is 2.96. The fourth-order valence-corrected chi connectivity index (χ4v) is 6.43. The lowest BCUT2D eigenvalue weighted by molar-refractivity contribution is -0.120. The Labute approximate surface area is 252 Å². The first-order chi connectivity index (χ1) is 20.8. The number of phenolic OH excluding ortho intramolecular Hbond substituents is 1. The van der Waals surface area contributed by atoms with Gasteiger partial charge in [-0.1, -0.05) is 33.8 Å². The molecule has 2 N–H and O–H groups in total. The number of rotatable bonds is 4. The number of pyridine rings is 1. The highest BCUT2D eigenvalue weighted by molar-refractivity contribution is 6.12. The molecule has 44 heavy (non-hydrogen) atoms. The highest BCUT2D eigenvalue weighted by Gasteiger charge is 2.44. The van der Waals surface area contributed by atoms with Crippen LogP contribution >= 0.6 is 0 Å². The van der Waals surface area contributed by atoms with E-state index < -0.39 is 45.9 Å². The summed E-state index contributed by atoms with van der Waals surface area (Å²) in [7, 11) is 1.47. The van der Waals surface area contributed by atoms with Gasteiger partial charge in [-0.3, -0.25) is 14.2 Å². The molecule has 230 valence electrons. The molecule has 9 nitrogen and oxygen atoms in total. The second-order valence-electron chi connectivity index (χ2n) is 12.1. The number of halogens is 3. The third-order valence-electron chi connectivity index (χ3n) is 8.48. The van der Waals surface area contributed by atoms with Crippen LogP contribution in [0.25, 0.3) is 27.7 Å². The summed E-state index contributed by atoms with van der Waals surface area (Å²) in [6.07, 6.45) is 1.38. The van der Waals surface area contributed by atoms with Crippen LogP contribution in [0.5, 0.6) is 5.75 Å². The molecule has 6 rings (SSSR count). The zero-order valence-corrected chi connectivity index (χ0v) is 25.2. The molecule has 0 saturated carbocycles. The lowest BCUT2D eigenvalue weighted by Crippen LogP contribution is -2.64. The molecule has 2 aromatic carbocycles. The van der Waals surface area contributed by atoms with Gasteiger partial charge >= 0.3 is 0 Å². The maximum absolute atomic E-state index is 17.2. The third kappa shape index (κ3) is 4.26. The normalized spacial score (nSPS) is 18.4. The number of phenols is 1. The lowest BCUT2D eigenvalue weighted by atomic mass is 9.95. The minimum atomic E-state index is -1.24. The van der Waals surface area contributed by atoms with Crippen molar-refractivity contribution >= 4 is 28.2 Å². The average molecular weight is 607 g/mol. The minimum absolute atomic E-state index is 0.0147. The molecule has 0 aliphatic carbocycles. The van der Waals surface area contributed by atoms with Crippen molar-refractivity contribution < 1.29 is 23.1 Å². The predicted octanol–water partition coefficient (Wildman–Crippen LogP) is 4.96. The summed E-state index contributed by atoms with van der Waals surface area (Å²) < 4.78 is 49.6. The molecule has 2 aromatic heterocycles. The minimum Gasteiger partial charge on any atom is -0.507 e. The summed E-state index contributed by atoms with van der Waals surface area (Å²) in [5, 5.41) is 13.8. The molecule has 0 bridgehead atoms. The fraction of sp³-hybridized carbons (Fsp3) is 0.375. The summed E-state index contributed by atoms with van der Waals surface area (Å²) in [5.41, 5.74) is -1.31. The Morgan fingerprint density at radius 2 is 1.61 bits per heavy atom. The number of nitrogens with one attached hydrogen (secondary N) is 1. The summed E-state index contributed by atoms with van der Waals surface area (Å²) in [5.74, 6) is -4.92. The molecule has 2 aliphatic rings. The number of carbonyl (C=O) groups excluding carboxylic acids is 1. The lowest BCUT2D eigenvalue weighted by Gasteiger charge is -2.46. The number of aromatic nitrogens is 3. The Bertz CT molecular complexity index is 1860. The first kappa shape index (κ1) is 29.6. The van der Waals surface area contributed by atoms with Crippen LogP contribution in [0.3, 0.4) is 0 Å². The van der Waals surface area contributed by atoms with Gasteiger partial charge in [-0.15, -0.1) is 0 Å². The Morgan fingerprint density at radius 3 is 2.23 bits per heavy atom. The molecule has 0 spiro atoms. The Morgan fingerprint density at radius 1 is 0.955 bits per heavy atom. The van der Waals surface area contributed by atoms with Gasteiger partial charge in [0.2, 0.25) is 0 Å². The molecule has 4 heterocycles. The van der Waals surface area contributed by atoms with Crippen molar-refractivity contribution in [3.05, 3.63) is 69.8 Å². The number of fused-ring (bicyclic) bond motifs is 5. The second kappa shape index (κ2) is 10.6. The van der Waals surface area contributed by atoms with Gasteiger partial charge in [-0.05, 0) is 37.0 Å². The van der Waals surface area contributed by atoms with Gasteiger partial charge in [0, 0.05) is 31.6 Å². The number of aromatic hydroxyl groups is 1. The Kier molecular flexibility index (Phi) is 7.15. The van der Waals surface area contributed by atoms with E-state index in [0.29, 0.717) is 11.4 Å². The van der Waals surface area contributed by atoms with Gasteiger partial charge in [0.25, 0.3) is 11.5 Å². The topological polar surface area (TPSA) is 104 Å². The second-order valence-corrected chi connectivity index (χ2v) is 12.1. The van der Waals surface area contributed by atoms with Crippen molar-refractivity contribution in [2.45, 2.75) is 58.5 Å². The largest absolute Gasteiger partial charge is 0.507 e. The van der Waals surface area contributed by atoms with Crippen LogP contribution in [0.2, 0.25) is 0 Å². The Balaban J connectivity index is 1.88. The highest BCUT2D eigenvalue weighted by Crippen LogP contribution is 2.46. The quantitative estimate of drug-likeness (QED) is 0.339. The van der Waals surface area contributed by atoms with Gasteiger partial charge in [-0.2, -0.15) is 0 Å². The fourth-order valence-electron chi connectivity index (χ4n) is 6.43. The first-order valence-electron chi connectivity index (χ1n) is 14.6. The number of hydrogen-bond donors (Lipinski definition) is 2. The van der Waals surface area contributed by atoms with E-state index in [9.17, 15) is 14.7 Å². The third-order valence-corrected chi connectivity index (χ3v) is 8.48. The molecule has 0 unspecified atom stereocenters. The Hall–Kier alpha value is -4.45. The molecule has 1 fully saturated rings. The van der Waals surface area contributed by atoms with Crippen LogP contribution in [-0.4, -0.2) is 57.8 Å². The molecular weight excluding hydrogens is 573 g/mol. The summed E-state index contributed by atoms with van der Waals surface area (Å²) >= 11 is 0. The summed E-state index contributed by atoms with van der Waals surface area (Å²) in [6.45, 7) is 9.92. The number of likely N-dealkylation sites (N-methyl/N-ethyl adjacent to an activating group) is 1. The number of nitrogens with zero attached hydrogens (tertiary/aromatic N) is 5. The highest BCUT2D eigenvalue weighted by atomic mass is 19.1. The number of amides is 1. The standard InChI is InChI=1S/C32H33F3N6O3/c1-14(2)25-29(26(15(3)4)38-13-37-25)41-27-17(10-19(34)23(24(27)35)22-18(33)8-7-9-21(22)42)28-30(32(41)44)39(6)31(43)20-11-36-16(5)12-40(20)28/h7-10,13-16,20,36,42H,11-12H2,1-6H3/t16-,20-/m1/s1. The molecule has 1 amide bonds. The number of benzene rings is 2. The zero-order chi connectivity index (χ0) is 31.8. The van der Waals surface area contributed by atoms with E-state index in [1.54, 1.807) is 4.90 Å². The van der Waals surface area contributed by atoms with Gasteiger partial charge < -0.3 is 20.2 Å². The smallest absolute Gasteiger partial charge is 0.281 e. The van der Waals surface area contributed by atoms with E-state index in [-0.39, 0.29) is 64.8 Å². The van der Waals surface area contributed by atoms with E-state index in [1.807, 2.05) is 34.6 Å². The van der Waals surface area contributed by atoms with Crippen molar-refractivity contribution in [3.8, 4) is 22.6 Å². The molecule has 1 saturated heterocycles. The van der Waals surface area contributed by atoms with Crippen LogP contribution < -0.4 is 20.7 Å². The van der Waals surface area contributed by atoms with Gasteiger partial charge in [0.05, 0.1) is 39.4 Å². The van der Waals surface area contributed by atoms with Crippen molar-refractivity contribution in [1.29, 1.82) is 0 Å². The van der Waals surface area contributed by atoms with Gasteiger partial charge in [0.15, 0.2) is 5.82 Å². The molecule has 2 aliphatic heterocycles. The summed E-state index contributed by atoms with van der Waals surface area (Å²) in [6, 6.07) is 3.58. The maximum atomic E-state index is 17.2. The molecular formula is C32H33F3N6O3. The SMILES string of the molecule is CC(C)c1ncnc(C(C)C)c1-n1c(=O)c2c(c3cc(F)c(-c4c(O)cccc4F)c(F)c31)N1C[C@@H](C)NC[C@@H]1C(=O)N2C. The van der Waals surface area contributed by atoms with E-state index in [2.05, 4.69) is 15.3 Å². The molecule has 2 atom stereocenters. The monoisotopic (exact) mass is 606 g/mol.